The normalized spacial score (nSPS) is 18.7. The van der Waals surface area contributed by atoms with Gasteiger partial charge in [0.15, 0.2) is 0 Å². The SMILES string of the molecule is CCOC(=O)[C@@H]1CC2(CCN(c3cc(O[C@H](c4ccc(-c5ccc6[nH]c(=O)ccc6c5)cc4)C(F)(F)F)nc(N)n3)CC2)CN1. The number of hydrogen-bond donors (Lipinski definition) is 3. The molecule has 13 heteroatoms. The lowest BCUT2D eigenvalue weighted by atomic mass is 9.76. The highest BCUT2D eigenvalue weighted by molar-refractivity contribution is 5.84. The third kappa shape index (κ3) is 6.58. The van der Waals surface area contributed by atoms with Crippen LogP contribution < -0.4 is 26.2 Å². The molecule has 45 heavy (non-hydrogen) atoms. The van der Waals surface area contributed by atoms with Crippen molar-refractivity contribution < 1.29 is 27.4 Å². The summed E-state index contributed by atoms with van der Waals surface area (Å²) in [6, 6.07) is 15.5. The third-order valence-electron chi connectivity index (χ3n) is 8.59. The first kappa shape index (κ1) is 30.4. The molecule has 4 aromatic rings. The van der Waals surface area contributed by atoms with Crippen molar-refractivity contribution >= 4 is 28.6 Å². The van der Waals surface area contributed by atoms with Crippen LogP contribution in [0, 0.1) is 5.41 Å². The lowest BCUT2D eigenvalue weighted by molar-refractivity contribution is -0.198. The highest BCUT2D eigenvalue weighted by atomic mass is 19.4. The van der Waals surface area contributed by atoms with Crippen molar-refractivity contribution in [3.05, 3.63) is 76.6 Å². The Morgan fingerprint density at radius 1 is 1.07 bits per heavy atom. The Morgan fingerprint density at radius 3 is 2.51 bits per heavy atom. The number of carbonyl (C=O) groups is 1. The zero-order chi connectivity index (χ0) is 31.8. The molecule has 0 radical (unpaired) electrons. The summed E-state index contributed by atoms with van der Waals surface area (Å²) in [5.74, 6) is -0.336. The van der Waals surface area contributed by atoms with Gasteiger partial charge in [-0.15, -0.1) is 0 Å². The van der Waals surface area contributed by atoms with E-state index in [1.165, 1.54) is 24.3 Å². The topological polar surface area (TPSA) is 135 Å². The maximum atomic E-state index is 14.3. The first-order valence-corrected chi connectivity index (χ1v) is 14.8. The monoisotopic (exact) mass is 622 g/mol. The number of fused-ring (bicyclic) bond motifs is 1. The minimum atomic E-state index is -4.74. The number of aromatic nitrogens is 3. The van der Waals surface area contributed by atoms with Crippen molar-refractivity contribution in [3.8, 4) is 17.0 Å². The number of piperidine rings is 1. The van der Waals surface area contributed by atoms with Crippen LogP contribution in [0.25, 0.3) is 22.0 Å². The average molecular weight is 623 g/mol. The van der Waals surface area contributed by atoms with Crippen LogP contribution in [0.5, 0.6) is 5.88 Å². The van der Waals surface area contributed by atoms with Gasteiger partial charge in [0.05, 0.1) is 6.61 Å². The molecule has 1 spiro atoms. The van der Waals surface area contributed by atoms with E-state index in [1.807, 2.05) is 11.0 Å². The Bertz CT molecular complexity index is 1750. The summed E-state index contributed by atoms with van der Waals surface area (Å²) in [6.07, 6.45) is -4.82. The molecule has 6 rings (SSSR count). The zero-order valence-corrected chi connectivity index (χ0v) is 24.6. The Balaban J connectivity index is 1.17. The number of nitrogens with one attached hydrogen (secondary N) is 2. The molecule has 2 atom stereocenters. The first-order chi connectivity index (χ1) is 21.5. The van der Waals surface area contributed by atoms with Gasteiger partial charge in [0.1, 0.15) is 11.9 Å². The van der Waals surface area contributed by atoms with E-state index in [0.29, 0.717) is 49.6 Å². The number of rotatable bonds is 7. The highest BCUT2D eigenvalue weighted by Gasteiger charge is 2.45. The second-order valence-corrected chi connectivity index (χ2v) is 11.6. The lowest BCUT2D eigenvalue weighted by Gasteiger charge is -2.39. The Morgan fingerprint density at radius 2 is 1.80 bits per heavy atom. The predicted octanol–water partition coefficient (Wildman–Crippen LogP) is 4.76. The van der Waals surface area contributed by atoms with Crippen LogP contribution in [0.1, 0.15) is 37.9 Å². The van der Waals surface area contributed by atoms with E-state index in [9.17, 15) is 22.8 Å². The van der Waals surface area contributed by atoms with Crippen molar-refractivity contribution in [3.63, 3.8) is 0 Å². The van der Waals surface area contributed by atoms with Gasteiger partial charge in [-0.1, -0.05) is 30.3 Å². The Kier molecular flexibility index (Phi) is 8.12. The fourth-order valence-corrected chi connectivity index (χ4v) is 6.20. The maximum absolute atomic E-state index is 14.3. The molecule has 0 aliphatic carbocycles. The molecular weight excluding hydrogens is 589 g/mol. The summed E-state index contributed by atoms with van der Waals surface area (Å²) in [7, 11) is 0. The molecule has 0 bridgehead atoms. The first-order valence-electron chi connectivity index (χ1n) is 14.8. The van der Waals surface area contributed by atoms with Crippen molar-refractivity contribution in [1.82, 2.24) is 20.3 Å². The predicted molar refractivity (Wildman–Crippen MR) is 163 cm³/mol. The molecule has 4 N–H and O–H groups in total. The van der Waals surface area contributed by atoms with Gasteiger partial charge in [-0.25, -0.2) is 0 Å². The van der Waals surface area contributed by atoms with Crippen LogP contribution >= 0.6 is 0 Å². The molecule has 0 amide bonds. The van der Waals surface area contributed by atoms with E-state index in [2.05, 4.69) is 20.3 Å². The third-order valence-corrected chi connectivity index (χ3v) is 8.59. The van der Waals surface area contributed by atoms with Gasteiger partial charge in [-0.3, -0.25) is 9.59 Å². The summed E-state index contributed by atoms with van der Waals surface area (Å²) < 4.78 is 53.5. The van der Waals surface area contributed by atoms with E-state index in [-0.39, 0.29) is 40.4 Å². The van der Waals surface area contributed by atoms with E-state index in [0.717, 1.165) is 23.8 Å². The summed E-state index contributed by atoms with van der Waals surface area (Å²) in [6.45, 7) is 3.97. The standard InChI is InChI=1S/C32H33F3N6O4/c1-2-44-29(43)24-17-31(18-37-24)11-13-41(14-12-31)25-16-27(40-30(36)39-25)45-28(32(33,34)35)20-5-3-19(4-6-20)21-7-9-23-22(15-21)8-10-26(42)38-23/h3-10,15-16,24,28,37H,2,11-14,17-18H2,1H3,(H,38,42)(H2,36,39,40)/t24-,28+/m0/s1. The highest BCUT2D eigenvalue weighted by Crippen LogP contribution is 2.42. The number of ether oxygens (including phenoxy) is 2. The number of esters is 1. The molecule has 236 valence electrons. The number of alkyl halides is 3. The molecule has 0 saturated carbocycles. The molecule has 0 unspecified atom stereocenters. The minimum absolute atomic E-state index is 0.0644. The van der Waals surface area contributed by atoms with Gasteiger partial charge in [-0.05, 0) is 66.3 Å². The number of anilines is 2. The van der Waals surface area contributed by atoms with Crippen LogP contribution in [0.2, 0.25) is 0 Å². The van der Waals surface area contributed by atoms with Crippen molar-refractivity contribution in [1.29, 1.82) is 0 Å². The molecular formula is C32H33F3N6O4. The van der Waals surface area contributed by atoms with Gasteiger partial charge in [0.2, 0.25) is 23.5 Å². The number of H-pyrrole nitrogens is 1. The smallest absolute Gasteiger partial charge is 0.429 e. The number of benzene rings is 2. The summed E-state index contributed by atoms with van der Waals surface area (Å²) in [5, 5.41) is 4.07. The van der Waals surface area contributed by atoms with Crippen LogP contribution in [-0.4, -0.2) is 59.4 Å². The fourth-order valence-electron chi connectivity index (χ4n) is 6.20. The number of nitrogen functional groups attached to an aromatic ring is 1. The Labute approximate surface area is 256 Å². The Hall–Kier alpha value is -4.65. The lowest BCUT2D eigenvalue weighted by Crippen LogP contribution is -2.41. The van der Waals surface area contributed by atoms with Gasteiger partial charge >= 0.3 is 12.1 Å². The summed E-state index contributed by atoms with van der Waals surface area (Å²) >= 11 is 0. The second-order valence-electron chi connectivity index (χ2n) is 11.6. The molecule has 2 aromatic heterocycles. The zero-order valence-electron chi connectivity index (χ0n) is 24.6. The molecule has 4 heterocycles. The molecule has 2 aliphatic rings. The largest absolute Gasteiger partial charge is 0.465 e. The molecule has 2 fully saturated rings. The maximum Gasteiger partial charge on any atom is 0.429 e. The number of nitrogens with two attached hydrogens (primary N) is 1. The number of pyridine rings is 1. The fraction of sp³-hybridized carbons (Fsp3) is 0.375. The van der Waals surface area contributed by atoms with Crippen LogP contribution in [0.4, 0.5) is 24.9 Å². The number of hydrogen-bond acceptors (Lipinski definition) is 9. The number of aromatic amines is 1. The van der Waals surface area contributed by atoms with E-state index in [4.69, 9.17) is 15.2 Å². The van der Waals surface area contributed by atoms with Gasteiger partial charge in [-0.2, -0.15) is 23.1 Å². The minimum Gasteiger partial charge on any atom is -0.465 e. The van der Waals surface area contributed by atoms with Crippen molar-refractivity contribution in [2.24, 2.45) is 5.41 Å². The van der Waals surface area contributed by atoms with Gasteiger partial charge < -0.3 is 30.4 Å². The molecule has 2 saturated heterocycles. The summed E-state index contributed by atoms with van der Waals surface area (Å²) in [4.78, 5) is 36.7. The second kappa shape index (κ2) is 12.0. The number of carbonyl (C=O) groups excluding carboxylic acids is 1. The quantitative estimate of drug-likeness (QED) is 0.249. The summed E-state index contributed by atoms with van der Waals surface area (Å²) in [5.41, 5.74) is 7.70. The van der Waals surface area contributed by atoms with Crippen LogP contribution in [0.3, 0.4) is 0 Å². The van der Waals surface area contributed by atoms with Gasteiger partial charge in [0, 0.05) is 42.8 Å². The van der Waals surface area contributed by atoms with Crippen molar-refractivity contribution in [2.45, 2.75) is 44.5 Å². The van der Waals surface area contributed by atoms with Crippen molar-refractivity contribution in [2.75, 3.05) is 36.9 Å². The van der Waals surface area contributed by atoms with Crippen LogP contribution in [-0.2, 0) is 9.53 Å². The van der Waals surface area contributed by atoms with E-state index in [1.54, 1.807) is 37.3 Å². The number of nitrogens with zero attached hydrogens (tertiary/aromatic N) is 3. The molecule has 2 aromatic carbocycles. The van der Waals surface area contributed by atoms with E-state index >= 15 is 0 Å². The molecule has 2 aliphatic heterocycles. The average Bonchev–Trinajstić information content (AvgIpc) is 3.43. The van der Waals surface area contributed by atoms with Gasteiger partial charge in [0.25, 0.3) is 0 Å². The van der Waals surface area contributed by atoms with E-state index < -0.39 is 12.3 Å². The number of halogens is 3. The van der Waals surface area contributed by atoms with Crippen LogP contribution in [0.15, 0.2) is 65.5 Å². The molecule has 10 nitrogen and oxygen atoms in total.